The lowest BCUT2D eigenvalue weighted by Gasteiger charge is -2.17. The van der Waals surface area contributed by atoms with Gasteiger partial charge in [0.2, 0.25) is 0 Å². The first-order chi connectivity index (χ1) is 11.8. The normalized spacial score (nSPS) is 11.7. The van der Waals surface area contributed by atoms with Crippen LogP contribution in [0.3, 0.4) is 0 Å². The van der Waals surface area contributed by atoms with E-state index < -0.39 is 6.04 Å². The molecular weight excluding hydrogens is 324 g/mol. The molecule has 1 aromatic heterocycles. The topological polar surface area (TPSA) is 87.1 Å². The van der Waals surface area contributed by atoms with Crippen LogP contribution in [0.1, 0.15) is 11.6 Å². The highest BCUT2D eigenvalue weighted by atomic mass is 32.1. The molecule has 1 heterocycles. The minimum absolute atomic E-state index is 0.173. The fourth-order valence-corrected chi connectivity index (χ4v) is 2.73. The summed E-state index contributed by atoms with van der Waals surface area (Å²) >= 11 is 1.29. The van der Waals surface area contributed by atoms with E-state index in [0.717, 1.165) is 16.8 Å². The van der Waals surface area contributed by atoms with Crippen LogP contribution in [0.5, 0.6) is 0 Å². The van der Waals surface area contributed by atoms with Gasteiger partial charge < -0.3 is 15.7 Å². The highest BCUT2D eigenvalue weighted by Gasteiger charge is 2.13. The lowest BCUT2D eigenvalue weighted by Crippen LogP contribution is -2.34. The number of urea groups is 1. The van der Waals surface area contributed by atoms with E-state index in [4.69, 9.17) is 0 Å². The van der Waals surface area contributed by atoms with Crippen LogP contribution in [-0.2, 0) is 0 Å². The Hall–Kier alpha value is -2.77. The van der Waals surface area contributed by atoms with E-state index in [9.17, 15) is 9.90 Å². The van der Waals surface area contributed by atoms with Crippen LogP contribution in [-0.4, -0.2) is 27.3 Å². The summed E-state index contributed by atoms with van der Waals surface area (Å²) in [6.07, 6.45) is 0. The molecule has 0 radical (unpaired) electrons. The number of rotatable bonds is 5. The van der Waals surface area contributed by atoms with Gasteiger partial charge in [0, 0.05) is 16.6 Å². The van der Waals surface area contributed by atoms with Crippen molar-refractivity contribution in [3.05, 3.63) is 65.5 Å². The Bertz CT molecular complexity index is 776. The van der Waals surface area contributed by atoms with Crippen LogP contribution in [0.2, 0.25) is 0 Å². The molecule has 0 saturated heterocycles. The second-order valence-corrected chi connectivity index (χ2v) is 5.72. The summed E-state index contributed by atoms with van der Waals surface area (Å²) < 4.78 is 3.83. The number of nitrogens with one attached hydrogen (secondary N) is 2. The Morgan fingerprint density at radius 2 is 1.88 bits per heavy atom. The average Bonchev–Trinajstić information content (AvgIpc) is 3.16. The summed E-state index contributed by atoms with van der Waals surface area (Å²) in [6, 6.07) is 15.8. The monoisotopic (exact) mass is 340 g/mol. The molecule has 3 aromatic rings. The zero-order chi connectivity index (χ0) is 16.8. The molecule has 0 aliphatic carbocycles. The third-order valence-electron chi connectivity index (χ3n) is 3.49. The molecule has 1 atom stereocenters. The quantitative estimate of drug-likeness (QED) is 0.666. The van der Waals surface area contributed by atoms with Crippen molar-refractivity contribution in [2.45, 2.75) is 6.04 Å². The number of amides is 2. The summed E-state index contributed by atoms with van der Waals surface area (Å²) in [5.41, 5.74) is 3.25. The number of hydrogen-bond donors (Lipinski definition) is 3. The van der Waals surface area contributed by atoms with E-state index in [1.54, 1.807) is 12.1 Å². The van der Waals surface area contributed by atoms with Gasteiger partial charge >= 0.3 is 6.03 Å². The smallest absolute Gasteiger partial charge is 0.319 e. The second-order valence-electron chi connectivity index (χ2n) is 5.11. The van der Waals surface area contributed by atoms with Gasteiger partial charge in [-0.2, -0.15) is 0 Å². The van der Waals surface area contributed by atoms with E-state index in [2.05, 4.69) is 20.2 Å². The summed E-state index contributed by atoms with van der Waals surface area (Å²) in [6.45, 7) is -0.173. The first-order valence-corrected chi connectivity index (χ1v) is 8.21. The summed E-state index contributed by atoms with van der Waals surface area (Å²) in [5, 5.41) is 20.9. The fourth-order valence-electron chi connectivity index (χ4n) is 2.26. The number of aromatic nitrogens is 2. The van der Waals surface area contributed by atoms with Crippen molar-refractivity contribution < 1.29 is 9.90 Å². The van der Waals surface area contributed by atoms with Gasteiger partial charge in [-0.05, 0) is 29.2 Å². The van der Waals surface area contributed by atoms with Crippen LogP contribution in [0.25, 0.3) is 11.3 Å². The van der Waals surface area contributed by atoms with Gasteiger partial charge in [-0.3, -0.25) is 0 Å². The number of carbonyl (C=O) groups is 1. The molecule has 6 nitrogen and oxygen atoms in total. The Morgan fingerprint density at radius 3 is 2.50 bits per heavy atom. The maximum absolute atomic E-state index is 12.1. The van der Waals surface area contributed by atoms with E-state index in [1.807, 2.05) is 47.8 Å². The molecule has 3 rings (SSSR count). The van der Waals surface area contributed by atoms with Gasteiger partial charge in [-0.25, -0.2) is 4.79 Å². The molecule has 0 aliphatic heterocycles. The molecular formula is C17H16N4O2S. The van der Waals surface area contributed by atoms with Crippen LogP contribution in [0.15, 0.2) is 60.0 Å². The highest BCUT2D eigenvalue weighted by molar-refractivity contribution is 7.03. The van der Waals surface area contributed by atoms with Crippen LogP contribution < -0.4 is 10.6 Å². The van der Waals surface area contributed by atoms with E-state index in [0.29, 0.717) is 5.69 Å². The van der Waals surface area contributed by atoms with Crippen molar-refractivity contribution in [2.24, 2.45) is 0 Å². The number of nitrogens with zero attached hydrogens (tertiary/aromatic N) is 2. The minimum Gasteiger partial charge on any atom is -0.394 e. The van der Waals surface area contributed by atoms with Crippen LogP contribution in [0, 0.1) is 0 Å². The molecule has 24 heavy (non-hydrogen) atoms. The lowest BCUT2D eigenvalue weighted by molar-refractivity contribution is 0.225. The van der Waals surface area contributed by atoms with Crippen molar-refractivity contribution in [2.75, 3.05) is 11.9 Å². The zero-order valence-corrected chi connectivity index (χ0v) is 13.5. The molecule has 2 amide bonds. The molecule has 122 valence electrons. The maximum atomic E-state index is 12.1. The van der Waals surface area contributed by atoms with E-state index >= 15 is 0 Å². The third-order valence-corrected chi connectivity index (χ3v) is 3.99. The van der Waals surface area contributed by atoms with E-state index in [-0.39, 0.29) is 12.6 Å². The van der Waals surface area contributed by atoms with Gasteiger partial charge in [-0.1, -0.05) is 47.0 Å². The van der Waals surface area contributed by atoms with Gasteiger partial charge in [0.15, 0.2) is 0 Å². The lowest BCUT2D eigenvalue weighted by atomic mass is 10.1. The Morgan fingerprint density at radius 1 is 1.12 bits per heavy atom. The van der Waals surface area contributed by atoms with Crippen LogP contribution in [0.4, 0.5) is 10.5 Å². The molecule has 7 heteroatoms. The molecule has 0 spiro atoms. The van der Waals surface area contributed by atoms with Crippen LogP contribution >= 0.6 is 11.5 Å². The minimum atomic E-state index is -0.452. The van der Waals surface area contributed by atoms with E-state index in [1.165, 1.54) is 11.5 Å². The zero-order valence-electron chi connectivity index (χ0n) is 12.7. The molecule has 0 fully saturated rings. The van der Waals surface area contributed by atoms with Gasteiger partial charge in [-0.15, -0.1) is 5.10 Å². The number of hydrogen-bond acceptors (Lipinski definition) is 5. The van der Waals surface area contributed by atoms with Crippen molar-refractivity contribution in [3.8, 4) is 11.3 Å². The predicted octanol–water partition coefficient (Wildman–Crippen LogP) is 3.06. The fraction of sp³-hybridized carbons (Fsp3) is 0.118. The van der Waals surface area contributed by atoms with Crippen molar-refractivity contribution >= 4 is 23.3 Å². The van der Waals surface area contributed by atoms with Crippen molar-refractivity contribution in [3.63, 3.8) is 0 Å². The second kappa shape index (κ2) is 7.67. The first-order valence-electron chi connectivity index (χ1n) is 7.37. The maximum Gasteiger partial charge on any atom is 0.319 e. The van der Waals surface area contributed by atoms with Crippen molar-refractivity contribution in [1.82, 2.24) is 14.9 Å². The predicted molar refractivity (Wildman–Crippen MR) is 93.8 cm³/mol. The van der Waals surface area contributed by atoms with Gasteiger partial charge in [0.1, 0.15) is 5.69 Å². The first kappa shape index (κ1) is 16.1. The number of anilines is 1. The van der Waals surface area contributed by atoms with Crippen molar-refractivity contribution in [1.29, 1.82) is 0 Å². The molecule has 0 aliphatic rings. The average molecular weight is 340 g/mol. The summed E-state index contributed by atoms with van der Waals surface area (Å²) in [5.74, 6) is 0. The third kappa shape index (κ3) is 3.95. The largest absolute Gasteiger partial charge is 0.394 e. The standard InChI is InChI=1S/C17H16N4O2S/c22-10-15(12-4-2-1-3-5-12)19-17(23)18-14-8-6-13(7-9-14)16-11-24-21-20-16/h1-9,11,15,22H,10H2,(H2,18,19,23)/t15-/m1/s1. The Kier molecular flexibility index (Phi) is 5.15. The number of carbonyl (C=O) groups excluding carboxylic acids is 1. The Labute approximate surface area is 143 Å². The molecule has 2 aromatic carbocycles. The SMILES string of the molecule is O=C(Nc1ccc(-c2csnn2)cc1)N[C@H](CO)c1ccccc1. The number of aliphatic hydroxyl groups is 1. The number of benzene rings is 2. The molecule has 3 N–H and O–H groups in total. The summed E-state index contributed by atoms with van der Waals surface area (Å²) in [7, 11) is 0. The number of aliphatic hydroxyl groups excluding tert-OH is 1. The summed E-state index contributed by atoms with van der Waals surface area (Å²) in [4.78, 5) is 12.1. The molecule has 0 saturated carbocycles. The molecule has 0 bridgehead atoms. The Balaban J connectivity index is 1.62. The molecule has 0 unspecified atom stereocenters. The van der Waals surface area contributed by atoms with Gasteiger partial charge in [0.05, 0.1) is 12.6 Å². The highest BCUT2D eigenvalue weighted by Crippen LogP contribution is 2.20. The van der Waals surface area contributed by atoms with Gasteiger partial charge in [0.25, 0.3) is 0 Å².